The van der Waals surface area contributed by atoms with Crippen molar-refractivity contribution in [3.8, 4) is 5.75 Å². The number of carboxylic acid groups (broad SMARTS) is 2. The topological polar surface area (TPSA) is 143 Å². The molecule has 2 rings (SSSR count). The molecule has 1 aromatic heterocycles. The number of carbonyl (C=O) groups is 2. The number of nitrogens with one attached hydrogen (secondary N) is 4. The van der Waals surface area contributed by atoms with E-state index in [2.05, 4.69) is 20.6 Å². The summed E-state index contributed by atoms with van der Waals surface area (Å²) in [4.78, 5) is 29.4. The van der Waals surface area contributed by atoms with E-state index in [1.165, 1.54) is 11.8 Å². The molecule has 0 amide bonds. The van der Waals surface area contributed by atoms with Crippen molar-refractivity contribution in [2.75, 3.05) is 36.6 Å². The van der Waals surface area contributed by atoms with E-state index in [1.807, 2.05) is 0 Å². The average Bonchev–Trinajstić information content (AvgIpc) is 2.67. The molecule has 0 fully saturated rings. The van der Waals surface area contributed by atoms with Crippen molar-refractivity contribution in [2.24, 2.45) is 0 Å². The summed E-state index contributed by atoms with van der Waals surface area (Å²) in [5.41, 5.74) is 0.447. The Balaban J connectivity index is 1.85. The van der Waals surface area contributed by atoms with Gasteiger partial charge in [-0.1, -0.05) is 18.3 Å². The molecule has 10 nitrogen and oxygen atoms in total. The van der Waals surface area contributed by atoms with Gasteiger partial charge in [-0.05, 0) is 31.3 Å². The highest BCUT2D eigenvalue weighted by Crippen LogP contribution is 2.23. The van der Waals surface area contributed by atoms with Crippen LogP contribution in [-0.2, 0) is 9.59 Å². The highest BCUT2D eigenvalue weighted by atomic mass is 32.1. The Labute approximate surface area is 182 Å². The molecular weight excluding hydrogens is 430 g/mol. The molecule has 1 atom stereocenters. The van der Waals surface area contributed by atoms with E-state index in [0.717, 1.165) is 0 Å². The van der Waals surface area contributed by atoms with Crippen LogP contribution < -0.4 is 20.3 Å². The fourth-order valence-corrected chi connectivity index (χ4v) is 3.04. The van der Waals surface area contributed by atoms with E-state index >= 15 is 0 Å². The average molecular weight is 454 g/mol. The molecule has 1 aromatic carbocycles. The number of nitrogens with zero attached hydrogens (tertiary/aromatic N) is 1. The van der Waals surface area contributed by atoms with Crippen molar-refractivity contribution in [1.29, 1.82) is 0 Å². The van der Waals surface area contributed by atoms with Crippen molar-refractivity contribution in [3.63, 3.8) is 0 Å². The van der Waals surface area contributed by atoms with Crippen molar-refractivity contribution < 1.29 is 24.5 Å². The number of ether oxygens (including phenoxy) is 1. The summed E-state index contributed by atoms with van der Waals surface area (Å²) in [5, 5.41) is 24.6. The Hall–Kier alpha value is -2.96. The lowest BCUT2D eigenvalue weighted by molar-refractivity contribution is -0.138. The van der Waals surface area contributed by atoms with Gasteiger partial charge in [0.2, 0.25) is 0 Å². The lowest BCUT2D eigenvalue weighted by atomic mass is 10.2. The monoisotopic (exact) mass is 453 g/mol. The SMILES string of the molecule is CC(C(=O)O)N(CC(=O)O)c1cccc(OCNCCNc2cc(=S)[nH]c(=S)[nH]2)c1. The summed E-state index contributed by atoms with van der Waals surface area (Å²) < 4.78 is 6.60. The summed E-state index contributed by atoms with van der Waals surface area (Å²) in [7, 11) is 0. The zero-order valence-corrected chi connectivity index (χ0v) is 17.8. The maximum absolute atomic E-state index is 11.3. The van der Waals surface area contributed by atoms with E-state index in [4.69, 9.17) is 34.3 Å². The van der Waals surface area contributed by atoms with Crippen LogP contribution in [0.3, 0.4) is 0 Å². The summed E-state index contributed by atoms with van der Waals surface area (Å²) in [6, 6.07) is 7.36. The van der Waals surface area contributed by atoms with Crippen LogP contribution >= 0.6 is 24.4 Å². The van der Waals surface area contributed by atoms with Gasteiger partial charge in [0, 0.05) is 30.9 Å². The molecule has 12 heteroatoms. The highest BCUT2D eigenvalue weighted by molar-refractivity contribution is 7.72. The van der Waals surface area contributed by atoms with Gasteiger partial charge in [-0.3, -0.25) is 10.1 Å². The molecule has 162 valence electrons. The van der Waals surface area contributed by atoms with Crippen molar-refractivity contribution in [2.45, 2.75) is 13.0 Å². The number of hydrogen-bond acceptors (Lipinski definition) is 8. The van der Waals surface area contributed by atoms with Crippen molar-refractivity contribution in [1.82, 2.24) is 15.3 Å². The molecule has 0 bridgehead atoms. The first-order valence-electron chi connectivity index (χ1n) is 8.98. The molecule has 1 unspecified atom stereocenters. The minimum atomic E-state index is -1.12. The third-order valence-electron chi connectivity index (χ3n) is 4.00. The number of benzene rings is 1. The van der Waals surface area contributed by atoms with E-state index in [-0.39, 0.29) is 6.73 Å². The number of hydrogen-bond donors (Lipinski definition) is 6. The Kier molecular flexibility index (Phi) is 8.77. The van der Waals surface area contributed by atoms with Crippen molar-refractivity contribution in [3.05, 3.63) is 39.7 Å². The molecule has 0 aliphatic rings. The van der Waals surface area contributed by atoms with Crippen LogP contribution in [-0.4, -0.2) is 64.5 Å². The van der Waals surface area contributed by atoms with Crippen LogP contribution in [0.1, 0.15) is 6.92 Å². The normalized spacial score (nSPS) is 11.5. The van der Waals surface area contributed by atoms with Crippen LogP contribution in [0.5, 0.6) is 5.75 Å². The number of aliphatic carboxylic acids is 2. The summed E-state index contributed by atoms with van der Waals surface area (Å²) in [6.45, 7) is 2.39. The molecule has 0 aliphatic heterocycles. The molecule has 2 aromatic rings. The second-order valence-corrected chi connectivity index (χ2v) is 7.10. The lowest BCUT2D eigenvalue weighted by Crippen LogP contribution is -2.42. The second kappa shape index (κ2) is 11.3. The summed E-state index contributed by atoms with van der Waals surface area (Å²) in [6.07, 6.45) is 0. The first-order chi connectivity index (χ1) is 14.3. The lowest BCUT2D eigenvalue weighted by Gasteiger charge is -2.27. The largest absolute Gasteiger partial charge is 0.480 e. The van der Waals surface area contributed by atoms with Crippen LogP contribution in [0.2, 0.25) is 0 Å². The quantitative estimate of drug-likeness (QED) is 0.161. The number of carboxylic acids is 2. The van der Waals surface area contributed by atoms with Gasteiger partial charge in [0.25, 0.3) is 0 Å². The molecule has 0 radical (unpaired) electrons. The van der Waals surface area contributed by atoms with Crippen LogP contribution in [0, 0.1) is 9.41 Å². The van der Waals surface area contributed by atoms with Gasteiger partial charge in [0.05, 0.1) is 0 Å². The van der Waals surface area contributed by atoms with E-state index in [1.54, 1.807) is 30.3 Å². The number of anilines is 2. The third kappa shape index (κ3) is 7.46. The van der Waals surface area contributed by atoms with Crippen LogP contribution in [0.15, 0.2) is 30.3 Å². The van der Waals surface area contributed by atoms with Crippen molar-refractivity contribution >= 4 is 47.9 Å². The Morgan fingerprint density at radius 3 is 2.63 bits per heavy atom. The molecule has 0 aliphatic carbocycles. The molecule has 1 heterocycles. The molecule has 30 heavy (non-hydrogen) atoms. The second-order valence-electron chi connectivity index (χ2n) is 6.25. The Morgan fingerprint density at radius 2 is 1.97 bits per heavy atom. The Morgan fingerprint density at radius 1 is 1.20 bits per heavy atom. The molecule has 6 N–H and O–H groups in total. The minimum Gasteiger partial charge on any atom is -0.480 e. The summed E-state index contributed by atoms with van der Waals surface area (Å²) in [5.74, 6) is -1.04. The predicted octanol–water partition coefficient (Wildman–Crippen LogP) is 2.20. The van der Waals surface area contributed by atoms with Gasteiger partial charge in [-0.25, -0.2) is 4.79 Å². The predicted molar refractivity (Wildman–Crippen MR) is 117 cm³/mol. The van der Waals surface area contributed by atoms with Gasteiger partial charge in [0.15, 0.2) is 4.77 Å². The zero-order valence-electron chi connectivity index (χ0n) is 16.2. The number of H-pyrrole nitrogens is 2. The van der Waals surface area contributed by atoms with E-state index in [9.17, 15) is 14.7 Å². The molecule has 0 spiro atoms. The standard InChI is InChI=1S/C18H23N5O5S2/c1-11(17(26)27)23(9-16(24)25)12-3-2-4-13(7-12)28-10-19-5-6-20-14-8-15(29)22-18(30)21-14/h2-4,7-8,11,19H,5-6,9-10H2,1H3,(H,24,25)(H,26,27)(H3,20,21,22,29,30). The minimum absolute atomic E-state index is 0.212. The maximum Gasteiger partial charge on any atom is 0.326 e. The Bertz CT molecular complexity index is 965. The van der Waals surface area contributed by atoms with E-state index in [0.29, 0.717) is 39.8 Å². The zero-order chi connectivity index (χ0) is 22.1. The van der Waals surface area contributed by atoms with Gasteiger partial charge in [-0.15, -0.1) is 0 Å². The fraction of sp³-hybridized carbons (Fsp3) is 0.333. The molecule has 0 saturated heterocycles. The molecule has 0 saturated carbocycles. The smallest absolute Gasteiger partial charge is 0.326 e. The number of aromatic amines is 2. The molecular formula is C18H23N5O5S2. The van der Waals surface area contributed by atoms with Gasteiger partial charge in [0.1, 0.15) is 35.5 Å². The highest BCUT2D eigenvalue weighted by Gasteiger charge is 2.23. The maximum atomic E-state index is 11.3. The van der Waals surface area contributed by atoms with Gasteiger partial charge < -0.3 is 35.1 Å². The van der Waals surface area contributed by atoms with Crippen LogP contribution in [0.25, 0.3) is 0 Å². The first-order valence-corrected chi connectivity index (χ1v) is 9.80. The fourth-order valence-electron chi connectivity index (χ4n) is 2.54. The van der Waals surface area contributed by atoms with Gasteiger partial charge >= 0.3 is 11.9 Å². The number of rotatable bonds is 12. The van der Waals surface area contributed by atoms with E-state index < -0.39 is 24.5 Å². The van der Waals surface area contributed by atoms with Gasteiger partial charge in [-0.2, -0.15) is 0 Å². The number of aromatic nitrogens is 2. The summed E-state index contributed by atoms with van der Waals surface area (Å²) >= 11 is 10.1. The first kappa shape index (κ1) is 23.3. The van der Waals surface area contributed by atoms with Crippen LogP contribution in [0.4, 0.5) is 11.5 Å². The third-order valence-corrected chi connectivity index (χ3v) is 4.42.